The Hall–Kier alpha value is -2.24. The topological polar surface area (TPSA) is 71.2 Å². The first-order valence-corrected chi connectivity index (χ1v) is 7.03. The predicted octanol–water partition coefficient (Wildman–Crippen LogP) is 1.64. The van der Waals surface area contributed by atoms with Crippen molar-refractivity contribution >= 4 is 17.9 Å². The molecular formula is C15H19N5O. The summed E-state index contributed by atoms with van der Waals surface area (Å²) in [6, 6.07) is 3.97. The molecule has 3 heterocycles. The lowest BCUT2D eigenvalue weighted by atomic mass is 9.78. The lowest BCUT2D eigenvalue weighted by Crippen LogP contribution is -2.49. The fraction of sp³-hybridized carbons (Fsp3) is 0.467. The molecule has 110 valence electrons. The molecule has 0 saturated heterocycles. The highest BCUT2D eigenvalue weighted by molar-refractivity contribution is 6.01. The Labute approximate surface area is 124 Å². The molecule has 21 heavy (non-hydrogen) atoms. The molecule has 0 aromatic carbocycles. The summed E-state index contributed by atoms with van der Waals surface area (Å²) in [5, 5.41) is 3.28. The van der Waals surface area contributed by atoms with Crippen LogP contribution in [0, 0.1) is 5.92 Å². The highest BCUT2D eigenvalue weighted by Gasteiger charge is 2.37. The second kappa shape index (κ2) is 5.63. The largest absolute Gasteiger partial charge is 0.481 e. The van der Waals surface area contributed by atoms with E-state index in [9.17, 15) is 0 Å². The van der Waals surface area contributed by atoms with E-state index in [-0.39, 0.29) is 12.1 Å². The lowest BCUT2D eigenvalue weighted by Gasteiger charge is -2.37. The number of pyridine rings is 1. The first kappa shape index (κ1) is 13.7. The summed E-state index contributed by atoms with van der Waals surface area (Å²) in [4.78, 5) is 17.5. The van der Waals surface area contributed by atoms with Crippen LogP contribution in [-0.2, 0) is 0 Å². The fourth-order valence-electron chi connectivity index (χ4n) is 2.99. The summed E-state index contributed by atoms with van der Waals surface area (Å²) in [7, 11) is 3.36. The maximum Gasteiger partial charge on any atom is 0.219 e. The van der Waals surface area contributed by atoms with E-state index in [1.165, 1.54) is 5.56 Å². The molecule has 0 amide bonds. The second-order valence-electron chi connectivity index (χ2n) is 5.22. The molecule has 1 aromatic heterocycles. The van der Waals surface area contributed by atoms with E-state index in [0.29, 0.717) is 17.8 Å². The Morgan fingerprint density at radius 3 is 2.90 bits per heavy atom. The number of rotatable bonds is 2. The van der Waals surface area contributed by atoms with E-state index >= 15 is 0 Å². The molecule has 6 nitrogen and oxygen atoms in total. The van der Waals surface area contributed by atoms with Crippen LogP contribution in [0.5, 0.6) is 5.88 Å². The van der Waals surface area contributed by atoms with E-state index in [4.69, 9.17) is 4.74 Å². The van der Waals surface area contributed by atoms with E-state index < -0.39 is 0 Å². The normalized spacial score (nSPS) is 29.6. The van der Waals surface area contributed by atoms with Crippen LogP contribution in [0.15, 0.2) is 33.3 Å². The highest BCUT2D eigenvalue weighted by Crippen LogP contribution is 2.35. The van der Waals surface area contributed by atoms with E-state index in [1.807, 2.05) is 18.5 Å². The standard InChI is InChI=1S/C15H19N5O/c1-9-13-11(10-4-5-12(21-3)18-8-10)6-7-17-14(13)20-15(16-2)19-9/h4-5,7-8,11,13-14H,6H2,1-3H3,(H,16,20). The number of methoxy groups -OCH3 is 1. The van der Waals surface area contributed by atoms with E-state index in [1.54, 1.807) is 14.2 Å². The number of fused-ring (bicyclic) bond motifs is 1. The first-order valence-electron chi connectivity index (χ1n) is 7.03. The van der Waals surface area contributed by atoms with Crippen molar-refractivity contribution in [2.45, 2.75) is 25.4 Å². The van der Waals surface area contributed by atoms with E-state index in [0.717, 1.165) is 12.1 Å². The molecule has 0 fully saturated rings. The molecule has 2 aliphatic heterocycles. The minimum atomic E-state index is 0.00190. The van der Waals surface area contributed by atoms with Crippen molar-refractivity contribution in [3.63, 3.8) is 0 Å². The number of guanidine groups is 1. The number of aromatic nitrogens is 1. The van der Waals surface area contributed by atoms with Gasteiger partial charge in [0.05, 0.1) is 7.11 Å². The summed E-state index contributed by atoms with van der Waals surface area (Å²) in [6.07, 6.45) is 4.76. The van der Waals surface area contributed by atoms with Gasteiger partial charge in [-0.05, 0) is 18.9 Å². The van der Waals surface area contributed by atoms with Crippen molar-refractivity contribution in [3.8, 4) is 5.88 Å². The summed E-state index contributed by atoms with van der Waals surface area (Å²) in [5.74, 6) is 1.84. The molecule has 1 aromatic rings. The van der Waals surface area contributed by atoms with Gasteiger partial charge in [0.2, 0.25) is 11.8 Å². The van der Waals surface area contributed by atoms with Gasteiger partial charge >= 0.3 is 0 Å². The molecule has 0 bridgehead atoms. The summed E-state index contributed by atoms with van der Waals surface area (Å²) < 4.78 is 5.12. The molecule has 3 atom stereocenters. The second-order valence-corrected chi connectivity index (χ2v) is 5.22. The zero-order valence-electron chi connectivity index (χ0n) is 12.4. The fourth-order valence-corrected chi connectivity index (χ4v) is 2.99. The van der Waals surface area contributed by atoms with Gasteiger partial charge in [0.25, 0.3) is 0 Å². The van der Waals surface area contributed by atoms with Crippen LogP contribution < -0.4 is 10.1 Å². The highest BCUT2D eigenvalue weighted by atomic mass is 16.5. The maximum atomic E-state index is 5.12. The van der Waals surface area contributed by atoms with Gasteiger partial charge < -0.3 is 10.1 Å². The van der Waals surface area contributed by atoms with Crippen LogP contribution in [0.3, 0.4) is 0 Å². The summed E-state index contributed by atoms with van der Waals surface area (Å²) >= 11 is 0. The number of nitrogens with one attached hydrogen (secondary N) is 1. The Balaban J connectivity index is 1.94. The Kier molecular flexibility index (Phi) is 3.68. The van der Waals surface area contributed by atoms with Crippen LogP contribution in [0.4, 0.5) is 0 Å². The van der Waals surface area contributed by atoms with Crippen LogP contribution in [-0.4, -0.2) is 43.2 Å². The van der Waals surface area contributed by atoms with Crippen molar-refractivity contribution in [1.29, 1.82) is 0 Å². The maximum absolute atomic E-state index is 5.12. The first-order chi connectivity index (χ1) is 10.2. The minimum absolute atomic E-state index is 0.00190. The van der Waals surface area contributed by atoms with Gasteiger partial charge in [-0.2, -0.15) is 0 Å². The van der Waals surface area contributed by atoms with E-state index in [2.05, 4.69) is 38.3 Å². The third-order valence-electron chi connectivity index (χ3n) is 4.05. The monoisotopic (exact) mass is 285 g/mol. The van der Waals surface area contributed by atoms with Crippen LogP contribution in [0.1, 0.15) is 24.8 Å². The van der Waals surface area contributed by atoms with Crippen molar-refractivity contribution in [2.75, 3.05) is 14.2 Å². The van der Waals surface area contributed by atoms with Crippen molar-refractivity contribution in [1.82, 2.24) is 10.3 Å². The summed E-state index contributed by atoms with van der Waals surface area (Å²) in [5.41, 5.74) is 2.25. The van der Waals surface area contributed by atoms with Gasteiger partial charge in [-0.15, -0.1) is 0 Å². The predicted molar refractivity (Wildman–Crippen MR) is 83.5 cm³/mol. The molecule has 0 aliphatic carbocycles. The Morgan fingerprint density at radius 1 is 1.38 bits per heavy atom. The van der Waals surface area contributed by atoms with Crippen LogP contribution in [0.25, 0.3) is 0 Å². The van der Waals surface area contributed by atoms with Gasteiger partial charge in [0.15, 0.2) is 0 Å². The molecule has 0 spiro atoms. The molecule has 6 heteroatoms. The molecular weight excluding hydrogens is 266 g/mol. The molecule has 3 unspecified atom stereocenters. The zero-order chi connectivity index (χ0) is 14.8. The van der Waals surface area contributed by atoms with Crippen LogP contribution >= 0.6 is 0 Å². The lowest BCUT2D eigenvalue weighted by molar-refractivity contribution is 0.392. The number of nitrogens with zero attached hydrogens (tertiary/aromatic N) is 4. The SMILES string of the molecule is CN=C1N=C(C)C2C(N=CCC2c2ccc(OC)nc2)N1. The number of hydrogen-bond acceptors (Lipinski definition) is 4. The van der Waals surface area contributed by atoms with Gasteiger partial charge in [-0.25, -0.2) is 9.98 Å². The molecule has 0 saturated carbocycles. The van der Waals surface area contributed by atoms with Gasteiger partial charge in [-0.3, -0.25) is 9.98 Å². The average Bonchev–Trinajstić information content (AvgIpc) is 2.54. The number of ether oxygens (including phenoxy) is 1. The van der Waals surface area contributed by atoms with Gasteiger partial charge in [0, 0.05) is 43.1 Å². The van der Waals surface area contributed by atoms with Crippen molar-refractivity contribution in [3.05, 3.63) is 23.9 Å². The third-order valence-corrected chi connectivity index (χ3v) is 4.05. The molecule has 3 rings (SSSR count). The third kappa shape index (κ3) is 2.53. The zero-order valence-corrected chi connectivity index (χ0v) is 12.4. The van der Waals surface area contributed by atoms with Crippen LogP contribution in [0.2, 0.25) is 0 Å². The average molecular weight is 285 g/mol. The summed E-state index contributed by atoms with van der Waals surface area (Å²) in [6.45, 7) is 2.05. The molecule has 0 radical (unpaired) electrons. The minimum Gasteiger partial charge on any atom is -0.481 e. The Bertz CT molecular complexity index is 605. The van der Waals surface area contributed by atoms with Gasteiger partial charge in [0.1, 0.15) is 6.17 Å². The van der Waals surface area contributed by atoms with Crippen molar-refractivity contribution < 1.29 is 4.74 Å². The van der Waals surface area contributed by atoms with Crippen molar-refractivity contribution in [2.24, 2.45) is 20.9 Å². The molecule has 1 N–H and O–H groups in total. The molecule has 2 aliphatic rings. The van der Waals surface area contributed by atoms with Gasteiger partial charge in [-0.1, -0.05) is 6.07 Å². The number of aliphatic imine (C=N–C) groups is 3. The number of hydrogen-bond donors (Lipinski definition) is 1. The Morgan fingerprint density at radius 2 is 2.24 bits per heavy atom. The smallest absolute Gasteiger partial charge is 0.219 e. The quantitative estimate of drug-likeness (QED) is 0.898.